The maximum Gasteiger partial charge on any atom is 0.271 e. The zero-order valence-corrected chi connectivity index (χ0v) is 16.2. The number of aromatic nitrogens is 2. The van der Waals surface area contributed by atoms with E-state index in [1.54, 1.807) is 0 Å². The molecule has 28 heavy (non-hydrogen) atoms. The molecule has 148 valence electrons. The van der Waals surface area contributed by atoms with Crippen LogP contribution in [0.3, 0.4) is 0 Å². The number of hydrogen-bond acceptors (Lipinski definition) is 4. The van der Waals surface area contributed by atoms with Gasteiger partial charge in [-0.25, -0.2) is 4.68 Å². The largest absolute Gasteiger partial charge is 0.347 e. The van der Waals surface area contributed by atoms with E-state index in [-0.39, 0.29) is 29.6 Å². The van der Waals surface area contributed by atoms with Gasteiger partial charge in [0.1, 0.15) is 5.69 Å². The minimum atomic E-state index is -0.349. The van der Waals surface area contributed by atoms with E-state index in [1.165, 1.54) is 23.2 Å². The number of likely N-dealkylation sites (tertiary alicyclic amines) is 1. The summed E-state index contributed by atoms with van der Waals surface area (Å²) in [6.45, 7) is 4.31. The minimum absolute atomic E-state index is 0.0428. The average molecular weight is 382 g/mol. The van der Waals surface area contributed by atoms with Gasteiger partial charge < -0.3 is 10.2 Å². The van der Waals surface area contributed by atoms with E-state index >= 15 is 0 Å². The second kappa shape index (κ2) is 9.30. The standard InChI is InChI=1S/C21H26N4O3/c1-2-11-25-19(26)10-9-18(23-25)20(27)22-15-16-7-6-8-17(14-16)21(28)24-12-4-3-5-13-24/h6-10,14H,2-5,11-13,15H2,1H3,(H,22,27). The topological polar surface area (TPSA) is 84.3 Å². The summed E-state index contributed by atoms with van der Waals surface area (Å²) in [7, 11) is 0. The van der Waals surface area contributed by atoms with Crippen LogP contribution >= 0.6 is 0 Å². The predicted octanol–water partition coefficient (Wildman–Crippen LogP) is 2.21. The molecule has 0 spiro atoms. The molecule has 1 aromatic carbocycles. The molecule has 1 saturated heterocycles. The second-order valence-electron chi connectivity index (χ2n) is 7.02. The van der Waals surface area contributed by atoms with Crippen molar-refractivity contribution in [1.82, 2.24) is 20.0 Å². The Labute approximate surface area is 164 Å². The molecule has 7 nitrogen and oxygen atoms in total. The number of rotatable bonds is 6. The molecule has 1 aliphatic rings. The number of hydrogen-bond donors (Lipinski definition) is 1. The van der Waals surface area contributed by atoms with Gasteiger partial charge in [0, 0.05) is 37.8 Å². The highest BCUT2D eigenvalue weighted by Gasteiger charge is 2.18. The summed E-state index contributed by atoms with van der Waals surface area (Å²) in [6.07, 6.45) is 4.04. The van der Waals surface area contributed by atoms with Crippen LogP contribution in [0.15, 0.2) is 41.2 Å². The van der Waals surface area contributed by atoms with Crippen molar-refractivity contribution >= 4 is 11.8 Å². The Kier molecular flexibility index (Phi) is 6.57. The maximum absolute atomic E-state index is 12.6. The molecule has 1 aliphatic heterocycles. The minimum Gasteiger partial charge on any atom is -0.347 e. The summed E-state index contributed by atoms with van der Waals surface area (Å²) in [5, 5.41) is 6.92. The highest BCUT2D eigenvalue weighted by Crippen LogP contribution is 2.14. The first-order valence-corrected chi connectivity index (χ1v) is 9.83. The average Bonchev–Trinajstić information content (AvgIpc) is 2.74. The highest BCUT2D eigenvalue weighted by molar-refractivity contribution is 5.94. The molecule has 1 N–H and O–H groups in total. The number of amides is 2. The molecule has 0 atom stereocenters. The fourth-order valence-corrected chi connectivity index (χ4v) is 3.31. The first-order valence-electron chi connectivity index (χ1n) is 9.83. The molecule has 2 heterocycles. The molecule has 0 bridgehead atoms. The summed E-state index contributed by atoms with van der Waals surface area (Å²) in [4.78, 5) is 38.6. The highest BCUT2D eigenvalue weighted by atomic mass is 16.2. The van der Waals surface area contributed by atoms with Gasteiger partial charge in [0.2, 0.25) is 0 Å². The lowest BCUT2D eigenvalue weighted by atomic mass is 10.1. The zero-order chi connectivity index (χ0) is 19.9. The number of benzene rings is 1. The van der Waals surface area contributed by atoms with Crippen LogP contribution in [0.4, 0.5) is 0 Å². The van der Waals surface area contributed by atoms with Gasteiger partial charge in [-0.1, -0.05) is 19.1 Å². The smallest absolute Gasteiger partial charge is 0.271 e. The Morgan fingerprint density at radius 3 is 2.64 bits per heavy atom. The van der Waals surface area contributed by atoms with E-state index in [0.29, 0.717) is 12.1 Å². The normalized spacial score (nSPS) is 14.0. The summed E-state index contributed by atoms with van der Waals surface area (Å²) in [5.74, 6) is -0.307. The molecular formula is C21H26N4O3. The van der Waals surface area contributed by atoms with E-state index in [4.69, 9.17) is 0 Å². The summed E-state index contributed by atoms with van der Waals surface area (Å²) in [5.41, 5.74) is 1.47. The lowest BCUT2D eigenvalue weighted by Crippen LogP contribution is -2.35. The summed E-state index contributed by atoms with van der Waals surface area (Å²) < 4.78 is 1.30. The maximum atomic E-state index is 12.6. The number of carbonyl (C=O) groups is 2. The van der Waals surface area contributed by atoms with Gasteiger partial charge in [-0.15, -0.1) is 0 Å². The van der Waals surface area contributed by atoms with Crippen LogP contribution in [-0.4, -0.2) is 39.6 Å². The molecule has 7 heteroatoms. The van der Waals surface area contributed by atoms with Gasteiger partial charge in [0.05, 0.1) is 0 Å². The van der Waals surface area contributed by atoms with E-state index in [9.17, 15) is 14.4 Å². The second-order valence-corrected chi connectivity index (χ2v) is 7.02. The van der Waals surface area contributed by atoms with Gasteiger partial charge in [-0.3, -0.25) is 14.4 Å². The van der Waals surface area contributed by atoms with Gasteiger partial charge in [0.15, 0.2) is 0 Å². The molecule has 0 saturated carbocycles. The number of piperidine rings is 1. The van der Waals surface area contributed by atoms with Gasteiger partial charge in [0.25, 0.3) is 17.4 Å². The first-order chi connectivity index (χ1) is 13.6. The molecule has 0 unspecified atom stereocenters. The molecule has 1 fully saturated rings. The van der Waals surface area contributed by atoms with Crippen LogP contribution in [0.1, 0.15) is 59.0 Å². The van der Waals surface area contributed by atoms with Crippen molar-refractivity contribution in [3.8, 4) is 0 Å². The van der Waals surface area contributed by atoms with Crippen molar-refractivity contribution in [2.75, 3.05) is 13.1 Å². The SMILES string of the molecule is CCCn1nc(C(=O)NCc2cccc(C(=O)N3CCCCC3)c2)ccc1=O. The third-order valence-corrected chi connectivity index (χ3v) is 4.80. The van der Waals surface area contributed by atoms with Crippen molar-refractivity contribution in [2.24, 2.45) is 0 Å². The Hall–Kier alpha value is -2.96. The van der Waals surface area contributed by atoms with Crippen LogP contribution in [0.25, 0.3) is 0 Å². The van der Waals surface area contributed by atoms with Gasteiger partial charge in [-0.05, 0) is 49.4 Å². The summed E-state index contributed by atoms with van der Waals surface area (Å²) in [6, 6.07) is 10.1. The number of carbonyl (C=O) groups excluding carboxylic acids is 2. The number of aryl methyl sites for hydroxylation is 1. The van der Waals surface area contributed by atoms with Gasteiger partial charge in [-0.2, -0.15) is 5.10 Å². The van der Waals surface area contributed by atoms with Crippen LogP contribution in [-0.2, 0) is 13.1 Å². The quantitative estimate of drug-likeness (QED) is 0.830. The molecule has 2 amide bonds. The van der Waals surface area contributed by atoms with E-state index in [2.05, 4.69) is 10.4 Å². The summed E-state index contributed by atoms with van der Waals surface area (Å²) >= 11 is 0. The van der Waals surface area contributed by atoms with Crippen LogP contribution in [0, 0.1) is 0 Å². The van der Waals surface area contributed by atoms with Crippen molar-refractivity contribution in [1.29, 1.82) is 0 Å². The number of nitrogens with one attached hydrogen (secondary N) is 1. The Balaban J connectivity index is 1.64. The Morgan fingerprint density at radius 2 is 1.89 bits per heavy atom. The van der Waals surface area contributed by atoms with E-state index < -0.39 is 0 Å². The Morgan fingerprint density at radius 1 is 1.11 bits per heavy atom. The molecule has 0 aliphatic carbocycles. The molecule has 0 radical (unpaired) electrons. The fourth-order valence-electron chi connectivity index (χ4n) is 3.31. The lowest BCUT2D eigenvalue weighted by Gasteiger charge is -2.26. The number of nitrogens with zero attached hydrogens (tertiary/aromatic N) is 3. The van der Waals surface area contributed by atoms with Crippen molar-refractivity contribution in [3.63, 3.8) is 0 Å². The molecular weight excluding hydrogens is 356 g/mol. The fraction of sp³-hybridized carbons (Fsp3) is 0.429. The third-order valence-electron chi connectivity index (χ3n) is 4.80. The van der Waals surface area contributed by atoms with Gasteiger partial charge >= 0.3 is 0 Å². The monoisotopic (exact) mass is 382 g/mol. The third kappa shape index (κ3) is 4.85. The van der Waals surface area contributed by atoms with Crippen molar-refractivity contribution in [2.45, 2.75) is 45.7 Å². The van der Waals surface area contributed by atoms with E-state index in [1.807, 2.05) is 36.1 Å². The molecule has 2 aromatic rings. The molecule has 1 aromatic heterocycles. The van der Waals surface area contributed by atoms with Crippen LogP contribution in [0.5, 0.6) is 0 Å². The van der Waals surface area contributed by atoms with Crippen LogP contribution in [0.2, 0.25) is 0 Å². The van der Waals surface area contributed by atoms with Crippen LogP contribution < -0.4 is 10.9 Å². The van der Waals surface area contributed by atoms with Crippen molar-refractivity contribution < 1.29 is 9.59 Å². The molecule has 3 rings (SSSR count). The zero-order valence-electron chi connectivity index (χ0n) is 16.2. The van der Waals surface area contributed by atoms with Crippen molar-refractivity contribution in [3.05, 3.63) is 63.6 Å². The van der Waals surface area contributed by atoms with E-state index in [0.717, 1.165) is 37.9 Å². The Bertz CT molecular complexity index is 901. The predicted molar refractivity (Wildman–Crippen MR) is 106 cm³/mol. The first kappa shape index (κ1) is 19.8. The lowest BCUT2D eigenvalue weighted by molar-refractivity contribution is 0.0724.